The van der Waals surface area contributed by atoms with Gasteiger partial charge in [0.2, 0.25) is 0 Å². The van der Waals surface area contributed by atoms with Gasteiger partial charge in [-0.25, -0.2) is 18.2 Å². The lowest BCUT2D eigenvalue weighted by Crippen LogP contribution is -2.37. The first kappa shape index (κ1) is 22.9. The van der Waals surface area contributed by atoms with Crippen molar-refractivity contribution >= 4 is 38.3 Å². The minimum atomic E-state index is -3.90. The summed E-state index contributed by atoms with van der Waals surface area (Å²) >= 11 is 0. The van der Waals surface area contributed by atoms with E-state index in [1.54, 1.807) is 30.3 Å². The lowest BCUT2D eigenvalue weighted by Gasteiger charge is -2.19. The number of aryl methyl sites for hydroxylation is 1. The summed E-state index contributed by atoms with van der Waals surface area (Å²) in [7, 11) is 0.381. The molecule has 174 valence electrons. The van der Waals surface area contributed by atoms with Gasteiger partial charge in [-0.1, -0.05) is 24.3 Å². The molecule has 1 amide bonds. The Morgan fingerprint density at radius 1 is 0.971 bits per heavy atom. The molecule has 0 bridgehead atoms. The van der Waals surface area contributed by atoms with Gasteiger partial charge in [-0.15, -0.1) is 0 Å². The van der Waals surface area contributed by atoms with E-state index in [1.165, 1.54) is 62.2 Å². The molecule has 0 fully saturated rings. The fraction of sp³-hybridized carbons (Fsp3) is 0.130. The summed E-state index contributed by atoms with van der Waals surface area (Å²) in [5.74, 6) is -0.581. The predicted octanol–water partition coefficient (Wildman–Crippen LogP) is 1.71. The molecule has 0 unspecified atom stereocenters. The van der Waals surface area contributed by atoms with Crippen molar-refractivity contribution in [3.63, 3.8) is 0 Å². The number of aromatic nitrogens is 3. The number of hydrogen-bond acceptors (Lipinski definition) is 6. The molecule has 0 radical (unpaired) electrons. The standard InChI is InChI=1S/C23H21N5O5S/c1-26-20-19(22(30)27(2)23(26)31)13-16(14-24-20)25-21(29)15-8-7-11-18(12-15)34(32,33)28(3)17-9-5-4-6-10-17/h4-14H,1-3H3,(H,25,29). The van der Waals surface area contributed by atoms with Gasteiger partial charge >= 0.3 is 5.69 Å². The molecular formula is C23H21N5O5S. The van der Waals surface area contributed by atoms with Crippen LogP contribution in [0.1, 0.15) is 10.4 Å². The fourth-order valence-corrected chi connectivity index (χ4v) is 4.71. The van der Waals surface area contributed by atoms with Crippen LogP contribution in [0.25, 0.3) is 11.0 Å². The lowest BCUT2D eigenvalue weighted by atomic mass is 10.2. The number of anilines is 2. The van der Waals surface area contributed by atoms with Gasteiger partial charge < -0.3 is 5.32 Å². The van der Waals surface area contributed by atoms with Crippen molar-refractivity contribution in [1.82, 2.24) is 14.1 Å². The number of carbonyl (C=O) groups is 1. The number of rotatable bonds is 5. The molecule has 0 saturated carbocycles. The van der Waals surface area contributed by atoms with Crippen LogP contribution in [-0.4, -0.2) is 35.5 Å². The third kappa shape index (κ3) is 3.97. The van der Waals surface area contributed by atoms with Crippen LogP contribution in [0.5, 0.6) is 0 Å². The molecule has 0 aliphatic heterocycles. The number of fused-ring (bicyclic) bond motifs is 1. The molecule has 0 atom stereocenters. The summed E-state index contributed by atoms with van der Waals surface area (Å²) in [5.41, 5.74) is -0.0587. The minimum Gasteiger partial charge on any atom is -0.321 e. The Balaban J connectivity index is 1.65. The van der Waals surface area contributed by atoms with Crippen LogP contribution in [0.3, 0.4) is 0 Å². The van der Waals surface area contributed by atoms with E-state index in [1.807, 2.05) is 0 Å². The molecular weight excluding hydrogens is 458 g/mol. The highest BCUT2D eigenvalue weighted by Crippen LogP contribution is 2.23. The van der Waals surface area contributed by atoms with E-state index in [0.29, 0.717) is 5.69 Å². The van der Waals surface area contributed by atoms with E-state index in [4.69, 9.17) is 0 Å². The first-order valence-electron chi connectivity index (χ1n) is 10.1. The first-order chi connectivity index (χ1) is 16.1. The third-order valence-electron chi connectivity index (χ3n) is 5.43. The van der Waals surface area contributed by atoms with Crippen LogP contribution in [0.15, 0.2) is 81.3 Å². The number of benzene rings is 2. The molecule has 0 saturated heterocycles. The van der Waals surface area contributed by atoms with Gasteiger partial charge in [0.25, 0.3) is 21.5 Å². The number of nitrogens with zero attached hydrogens (tertiary/aromatic N) is 4. The topological polar surface area (TPSA) is 123 Å². The minimum absolute atomic E-state index is 0.0491. The van der Waals surface area contributed by atoms with E-state index in [-0.39, 0.29) is 27.2 Å². The molecule has 10 nitrogen and oxygen atoms in total. The zero-order valence-electron chi connectivity index (χ0n) is 18.6. The van der Waals surface area contributed by atoms with Crippen LogP contribution in [-0.2, 0) is 24.1 Å². The van der Waals surface area contributed by atoms with Gasteiger partial charge in [0.15, 0.2) is 0 Å². The highest BCUT2D eigenvalue weighted by atomic mass is 32.2. The molecule has 0 aliphatic rings. The van der Waals surface area contributed by atoms with Crippen LogP contribution in [0.4, 0.5) is 11.4 Å². The summed E-state index contributed by atoms with van der Waals surface area (Å²) in [6.07, 6.45) is 1.32. The van der Waals surface area contributed by atoms with E-state index in [2.05, 4.69) is 10.3 Å². The van der Waals surface area contributed by atoms with Crippen molar-refractivity contribution < 1.29 is 13.2 Å². The molecule has 2 aromatic heterocycles. The normalized spacial score (nSPS) is 11.4. The number of pyridine rings is 1. The first-order valence-corrected chi connectivity index (χ1v) is 11.6. The van der Waals surface area contributed by atoms with Crippen molar-refractivity contribution in [3.05, 3.63) is 93.3 Å². The average Bonchev–Trinajstić information content (AvgIpc) is 2.86. The predicted molar refractivity (Wildman–Crippen MR) is 129 cm³/mol. The Bertz CT molecular complexity index is 1640. The highest BCUT2D eigenvalue weighted by molar-refractivity contribution is 7.92. The molecule has 0 spiro atoms. The summed E-state index contributed by atoms with van der Waals surface area (Å²) < 4.78 is 29.4. The number of sulfonamides is 1. The molecule has 0 aliphatic carbocycles. The Morgan fingerprint density at radius 3 is 2.38 bits per heavy atom. The average molecular weight is 480 g/mol. The van der Waals surface area contributed by atoms with Crippen LogP contribution in [0, 0.1) is 0 Å². The second-order valence-electron chi connectivity index (χ2n) is 7.59. The number of nitrogens with one attached hydrogen (secondary N) is 1. The van der Waals surface area contributed by atoms with Gasteiger partial charge in [0.05, 0.1) is 27.9 Å². The van der Waals surface area contributed by atoms with Gasteiger partial charge in [0, 0.05) is 26.7 Å². The summed E-state index contributed by atoms with van der Waals surface area (Å²) in [6.45, 7) is 0. The zero-order valence-corrected chi connectivity index (χ0v) is 19.4. The third-order valence-corrected chi connectivity index (χ3v) is 7.21. The SMILES string of the molecule is CN(c1ccccc1)S(=O)(=O)c1cccc(C(=O)Nc2cnc3c(c2)c(=O)n(C)c(=O)n3C)c1. The summed E-state index contributed by atoms with van der Waals surface area (Å²) in [5, 5.41) is 2.78. The molecule has 4 aromatic rings. The maximum Gasteiger partial charge on any atom is 0.332 e. The molecule has 11 heteroatoms. The van der Waals surface area contributed by atoms with Crippen molar-refractivity contribution in [2.75, 3.05) is 16.7 Å². The largest absolute Gasteiger partial charge is 0.332 e. The van der Waals surface area contributed by atoms with E-state index in [9.17, 15) is 22.8 Å². The number of carbonyl (C=O) groups excluding carboxylic acids is 1. The highest BCUT2D eigenvalue weighted by Gasteiger charge is 2.22. The second kappa shape index (κ2) is 8.60. The van der Waals surface area contributed by atoms with E-state index < -0.39 is 27.2 Å². The molecule has 4 rings (SSSR count). The Hall–Kier alpha value is -4.25. The summed E-state index contributed by atoms with van der Waals surface area (Å²) in [6, 6.07) is 15.6. The molecule has 1 N–H and O–H groups in total. The van der Waals surface area contributed by atoms with Crippen molar-refractivity contribution in [2.45, 2.75) is 4.90 Å². The van der Waals surface area contributed by atoms with Crippen molar-refractivity contribution in [2.24, 2.45) is 14.1 Å². The smallest absolute Gasteiger partial charge is 0.321 e. The van der Waals surface area contributed by atoms with Crippen molar-refractivity contribution in [1.29, 1.82) is 0 Å². The molecule has 2 heterocycles. The maximum absolute atomic E-state index is 13.1. The van der Waals surface area contributed by atoms with Crippen LogP contribution < -0.4 is 20.9 Å². The van der Waals surface area contributed by atoms with Gasteiger partial charge in [0.1, 0.15) is 5.65 Å². The van der Waals surface area contributed by atoms with Gasteiger partial charge in [-0.2, -0.15) is 0 Å². The van der Waals surface area contributed by atoms with E-state index >= 15 is 0 Å². The van der Waals surface area contributed by atoms with Crippen molar-refractivity contribution in [3.8, 4) is 0 Å². The lowest BCUT2D eigenvalue weighted by molar-refractivity contribution is 0.102. The molecule has 34 heavy (non-hydrogen) atoms. The maximum atomic E-state index is 13.1. The Labute approximate surface area is 194 Å². The summed E-state index contributed by atoms with van der Waals surface area (Å²) in [4.78, 5) is 41.5. The Kier molecular flexibility index (Phi) is 5.80. The number of amides is 1. The quantitative estimate of drug-likeness (QED) is 0.465. The molecule has 2 aromatic carbocycles. The second-order valence-corrected chi connectivity index (χ2v) is 9.56. The van der Waals surface area contributed by atoms with Gasteiger partial charge in [-0.3, -0.25) is 23.0 Å². The number of para-hydroxylation sites is 1. The van der Waals surface area contributed by atoms with Crippen LogP contribution >= 0.6 is 0 Å². The zero-order chi connectivity index (χ0) is 24.6. The number of hydrogen-bond donors (Lipinski definition) is 1. The fourth-order valence-electron chi connectivity index (χ4n) is 3.47. The van der Waals surface area contributed by atoms with Gasteiger partial charge in [-0.05, 0) is 36.4 Å². The van der Waals surface area contributed by atoms with E-state index in [0.717, 1.165) is 8.87 Å². The monoisotopic (exact) mass is 479 g/mol. The Morgan fingerprint density at radius 2 is 1.68 bits per heavy atom. The van der Waals surface area contributed by atoms with Crippen LogP contribution in [0.2, 0.25) is 0 Å².